The minimum Gasteiger partial charge on any atom is -0.428 e. The Morgan fingerprint density at radius 2 is 2.00 bits per heavy atom. The van der Waals surface area contributed by atoms with E-state index in [2.05, 4.69) is 5.32 Å². The average Bonchev–Trinajstić information content (AvgIpc) is 2.66. The number of carbonyl (C=O) groups is 3. The van der Waals surface area contributed by atoms with Crippen molar-refractivity contribution in [3.63, 3.8) is 0 Å². The Balaban J connectivity index is 2.03. The highest BCUT2D eigenvalue weighted by atomic mass is 16.6. The van der Waals surface area contributed by atoms with E-state index in [1.807, 2.05) is 6.92 Å². The molecule has 106 valence electrons. The van der Waals surface area contributed by atoms with Crippen molar-refractivity contribution in [1.82, 2.24) is 10.2 Å². The van der Waals surface area contributed by atoms with Crippen LogP contribution in [-0.2, 0) is 4.74 Å². The van der Waals surface area contributed by atoms with Gasteiger partial charge in [0.25, 0.3) is 11.8 Å². The molecule has 7 nitrogen and oxygen atoms in total. The van der Waals surface area contributed by atoms with Gasteiger partial charge in [-0.1, -0.05) is 6.92 Å². The second-order valence-corrected chi connectivity index (χ2v) is 4.33. The lowest BCUT2D eigenvalue weighted by molar-refractivity contribution is 0.0428. The van der Waals surface area contributed by atoms with Crippen LogP contribution in [0.2, 0.25) is 0 Å². The quantitative estimate of drug-likeness (QED) is 0.630. The number of carbonyl (C=O) groups excluding carboxylic acids is 3. The normalized spacial score (nSPS) is 13.3. The van der Waals surface area contributed by atoms with Crippen molar-refractivity contribution in [2.75, 3.05) is 19.0 Å². The van der Waals surface area contributed by atoms with Crippen LogP contribution < -0.4 is 11.1 Å². The molecule has 3 amide bonds. The number of nitrogens with zero attached hydrogens (tertiary/aromatic N) is 1. The molecular formula is C13H15N3O4. The minimum atomic E-state index is -0.664. The molecule has 3 N–H and O–H groups in total. The molecule has 0 aliphatic carbocycles. The number of rotatable bonds is 4. The Hall–Kier alpha value is -2.57. The van der Waals surface area contributed by atoms with E-state index >= 15 is 0 Å². The van der Waals surface area contributed by atoms with Gasteiger partial charge in [0.15, 0.2) is 6.73 Å². The fourth-order valence-corrected chi connectivity index (χ4v) is 1.83. The predicted octanol–water partition coefficient (Wildman–Crippen LogP) is 0.959. The van der Waals surface area contributed by atoms with Crippen molar-refractivity contribution in [3.8, 4) is 0 Å². The third kappa shape index (κ3) is 2.56. The summed E-state index contributed by atoms with van der Waals surface area (Å²) in [5.74, 6) is -1.01. The second kappa shape index (κ2) is 5.60. The van der Waals surface area contributed by atoms with Crippen molar-refractivity contribution < 1.29 is 19.1 Å². The molecule has 0 bridgehead atoms. The van der Waals surface area contributed by atoms with E-state index in [1.165, 1.54) is 12.1 Å². The lowest BCUT2D eigenvalue weighted by atomic mass is 10.1. The molecule has 0 saturated heterocycles. The second-order valence-electron chi connectivity index (χ2n) is 4.33. The number of hydrogen-bond acceptors (Lipinski definition) is 5. The molecular weight excluding hydrogens is 262 g/mol. The summed E-state index contributed by atoms with van der Waals surface area (Å²) in [6.45, 7) is 1.95. The highest BCUT2D eigenvalue weighted by Crippen LogP contribution is 2.24. The number of nitrogen functional groups attached to an aromatic ring is 1. The van der Waals surface area contributed by atoms with Crippen molar-refractivity contribution in [3.05, 3.63) is 29.3 Å². The molecule has 1 aromatic carbocycles. The smallest absolute Gasteiger partial charge is 0.408 e. The maximum atomic E-state index is 12.0. The maximum absolute atomic E-state index is 12.0. The van der Waals surface area contributed by atoms with Gasteiger partial charge < -0.3 is 15.8 Å². The Kier molecular flexibility index (Phi) is 3.88. The summed E-state index contributed by atoms with van der Waals surface area (Å²) in [6.07, 6.45) is 0.101. The maximum Gasteiger partial charge on any atom is 0.408 e. The number of imide groups is 1. The summed E-state index contributed by atoms with van der Waals surface area (Å²) in [7, 11) is 0. The molecule has 1 aliphatic heterocycles. The Morgan fingerprint density at radius 3 is 2.70 bits per heavy atom. The van der Waals surface area contributed by atoms with Gasteiger partial charge in [-0.15, -0.1) is 0 Å². The molecule has 0 spiro atoms. The topological polar surface area (TPSA) is 102 Å². The summed E-state index contributed by atoms with van der Waals surface area (Å²) < 4.78 is 4.83. The number of benzene rings is 1. The Morgan fingerprint density at radius 1 is 1.30 bits per heavy atom. The first-order chi connectivity index (χ1) is 9.54. The van der Waals surface area contributed by atoms with Crippen LogP contribution in [0.15, 0.2) is 18.2 Å². The Labute approximate surface area is 115 Å². The fraction of sp³-hybridized carbons (Fsp3) is 0.308. The molecule has 7 heteroatoms. The van der Waals surface area contributed by atoms with Gasteiger partial charge in [0.1, 0.15) is 0 Å². The molecule has 1 aromatic rings. The molecule has 2 rings (SSSR count). The number of amides is 3. The van der Waals surface area contributed by atoms with Gasteiger partial charge in [0.05, 0.1) is 11.1 Å². The molecule has 0 radical (unpaired) electrons. The molecule has 0 aromatic heterocycles. The van der Waals surface area contributed by atoms with Crippen LogP contribution in [0, 0.1) is 0 Å². The number of nitrogens with two attached hydrogens (primary N) is 1. The molecule has 0 saturated carbocycles. The number of hydrogen-bond donors (Lipinski definition) is 2. The van der Waals surface area contributed by atoms with E-state index in [1.54, 1.807) is 6.07 Å². The zero-order valence-corrected chi connectivity index (χ0v) is 11.0. The third-order valence-corrected chi connectivity index (χ3v) is 2.84. The van der Waals surface area contributed by atoms with E-state index in [4.69, 9.17) is 10.5 Å². The van der Waals surface area contributed by atoms with E-state index in [0.29, 0.717) is 12.2 Å². The number of fused-ring (bicyclic) bond motifs is 1. The van der Waals surface area contributed by atoms with Crippen molar-refractivity contribution in [2.24, 2.45) is 0 Å². The molecule has 1 heterocycles. The number of nitrogens with one attached hydrogen (secondary N) is 1. The van der Waals surface area contributed by atoms with Crippen LogP contribution in [0.4, 0.5) is 10.5 Å². The van der Waals surface area contributed by atoms with Gasteiger partial charge in [0, 0.05) is 12.2 Å². The van der Waals surface area contributed by atoms with Gasteiger partial charge in [-0.3, -0.25) is 9.59 Å². The summed E-state index contributed by atoms with van der Waals surface area (Å²) in [5.41, 5.74) is 6.47. The number of anilines is 1. The van der Waals surface area contributed by atoms with Gasteiger partial charge in [0.2, 0.25) is 0 Å². The average molecular weight is 277 g/mol. The van der Waals surface area contributed by atoms with Crippen molar-refractivity contribution in [1.29, 1.82) is 0 Å². The molecule has 1 aliphatic rings. The molecule has 0 fully saturated rings. The van der Waals surface area contributed by atoms with E-state index < -0.39 is 24.6 Å². The van der Waals surface area contributed by atoms with Gasteiger partial charge >= 0.3 is 6.09 Å². The number of ether oxygens (including phenoxy) is 1. The standard InChI is InChI=1S/C13H15N3O4/c1-2-5-15-13(19)20-7-16-11(17)9-4-3-8(14)6-10(9)12(16)18/h3-4,6H,2,5,7,14H2,1H3,(H,15,19). The van der Waals surface area contributed by atoms with E-state index in [0.717, 1.165) is 11.3 Å². The first-order valence-electron chi connectivity index (χ1n) is 6.21. The SMILES string of the molecule is CCCNC(=O)OCN1C(=O)c2ccc(N)cc2C1=O. The van der Waals surface area contributed by atoms with Crippen LogP contribution in [0.25, 0.3) is 0 Å². The first kappa shape index (κ1) is 13.9. The van der Waals surface area contributed by atoms with Gasteiger partial charge in [-0.05, 0) is 24.6 Å². The summed E-state index contributed by atoms with van der Waals surface area (Å²) in [6, 6.07) is 4.47. The molecule has 0 atom stereocenters. The lowest BCUT2D eigenvalue weighted by Crippen LogP contribution is -2.36. The highest BCUT2D eigenvalue weighted by molar-refractivity contribution is 6.21. The van der Waals surface area contributed by atoms with Crippen LogP contribution in [-0.4, -0.2) is 36.1 Å². The highest BCUT2D eigenvalue weighted by Gasteiger charge is 2.36. The van der Waals surface area contributed by atoms with E-state index in [9.17, 15) is 14.4 Å². The van der Waals surface area contributed by atoms with Crippen LogP contribution in [0.1, 0.15) is 34.1 Å². The van der Waals surface area contributed by atoms with Gasteiger partial charge in [-0.25, -0.2) is 9.69 Å². The van der Waals surface area contributed by atoms with E-state index in [-0.39, 0.29) is 11.1 Å². The van der Waals surface area contributed by atoms with Gasteiger partial charge in [-0.2, -0.15) is 0 Å². The summed E-state index contributed by atoms with van der Waals surface area (Å²) >= 11 is 0. The Bertz CT molecular complexity index is 571. The monoisotopic (exact) mass is 277 g/mol. The fourth-order valence-electron chi connectivity index (χ4n) is 1.83. The zero-order valence-electron chi connectivity index (χ0n) is 11.0. The minimum absolute atomic E-state index is 0.229. The largest absolute Gasteiger partial charge is 0.428 e. The predicted molar refractivity (Wildman–Crippen MR) is 71.0 cm³/mol. The van der Waals surface area contributed by atoms with Crippen molar-refractivity contribution in [2.45, 2.75) is 13.3 Å². The molecule has 20 heavy (non-hydrogen) atoms. The first-order valence-corrected chi connectivity index (χ1v) is 6.21. The van der Waals surface area contributed by atoms with Crippen LogP contribution >= 0.6 is 0 Å². The third-order valence-electron chi connectivity index (χ3n) is 2.84. The summed E-state index contributed by atoms with van der Waals surface area (Å²) in [4.78, 5) is 36.2. The zero-order chi connectivity index (χ0) is 14.7. The lowest BCUT2D eigenvalue weighted by Gasteiger charge is -2.14. The molecule has 0 unspecified atom stereocenters. The van der Waals surface area contributed by atoms with Crippen LogP contribution in [0.3, 0.4) is 0 Å². The summed E-state index contributed by atoms with van der Waals surface area (Å²) in [5, 5.41) is 2.49. The number of alkyl carbamates (subject to hydrolysis) is 1. The van der Waals surface area contributed by atoms with Crippen molar-refractivity contribution >= 4 is 23.6 Å². The van der Waals surface area contributed by atoms with Crippen LogP contribution in [0.5, 0.6) is 0 Å².